The molecule has 6 nitrogen and oxygen atoms in total. The Hall–Kier alpha value is -1.99. The van der Waals surface area contributed by atoms with E-state index in [0.29, 0.717) is 6.54 Å². The summed E-state index contributed by atoms with van der Waals surface area (Å²) in [4.78, 5) is 15.2. The summed E-state index contributed by atoms with van der Waals surface area (Å²) in [6, 6.07) is 8.02. The van der Waals surface area contributed by atoms with Gasteiger partial charge in [-0.1, -0.05) is 12.1 Å². The van der Waals surface area contributed by atoms with Gasteiger partial charge in [0, 0.05) is 25.5 Å². The van der Waals surface area contributed by atoms with Gasteiger partial charge in [-0.3, -0.25) is 4.57 Å². The zero-order chi connectivity index (χ0) is 14.6. The molecule has 0 spiro atoms. The first-order valence-electron chi connectivity index (χ1n) is 6.06. The average Bonchev–Trinajstić information content (AvgIpc) is 2.46. The highest BCUT2D eigenvalue weighted by Gasteiger charge is 2.14. The van der Waals surface area contributed by atoms with E-state index in [-0.39, 0.29) is 17.2 Å². The summed E-state index contributed by atoms with van der Waals surface area (Å²) in [6.07, 6.45) is 2.89. The van der Waals surface area contributed by atoms with Gasteiger partial charge in [-0.25, -0.2) is 18.2 Å². The second-order valence-electron chi connectivity index (χ2n) is 4.26. The maximum absolute atomic E-state index is 12.1. The Morgan fingerprint density at radius 2 is 1.90 bits per heavy atom. The minimum atomic E-state index is -3.43. The molecule has 0 unspecified atom stereocenters. The predicted molar refractivity (Wildman–Crippen MR) is 74.9 cm³/mol. The normalized spacial score (nSPS) is 11.4. The molecule has 1 heterocycles. The summed E-state index contributed by atoms with van der Waals surface area (Å²) < 4.78 is 25.6. The van der Waals surface area contributed by atoms with Crippen molar-refractivity contribution in [2.45, 2.75) is 18.0 Å². The summed E-state index contributed by atoms with van der Waals surface area (Å²) in [7, 11) is -3.43. The zero-order valence-electron chi connectivity index (χ0n) is 10.8. The maximum Gasteiger partial charge on any atom is 0.347 e. The third-order valence-corrected chi connectivity index (χ3v) is 4.61. The number of nitrogens with zero attached hydrogens (tertiary/aromatic N) is 2. The Balaban J connectivity index is 2.15. The fourth-order valence-electron chi connectivity index (χ4n) is 1.73. The monoisotopic (exact) mass is 293 g/mol. The fourth-order valence-corrected chi connectivity index (χ4v) is 2.95. The third-order valence-electron chi connectivity index (χ3n) is 2.90. The third kappa shape index (κ3) is 3.31. The maximum atomic E-state index is 12.1. The number of rotatable bonds is 5. The molecule has 0 radical (unpaired) electrons. The van der Waals surface area contributed by atoms with Gasteiger partial charge in [0.2, 0.25) is 0 Å². The van der Waals surface area contributed by atoms with Crippen molar-refractivity contribution in [3.8, 4) is 0 Å². The summed E-state index contributed by atoms with van der Waals surface area (Å²) in [5, 5.41) is 0. The van der Waals surface area contributed by atoms with Gasteiger partial charge in [-0.15, -0.1) is 0 Å². The van der Waals surface area contributed by atoms with Crippen LogP contribution in [0, 0.1) is 0 Å². The molecule has 0 amide bonds. The van der Waals surface area contributed by atoms with Crippen LogP contribution in [0.4, 0.5) is 0 Å². The summed E-state index contributed by atoms with van der Waals surface area (Å²) in [5.74, 6) is -0.152. The van der Waals surface area contributed by atoms with Crippen LogP contribution < -0.4 is 11.4 Å². The van der Waals surface area contributed by atoms with Crippen LogP contribution in [0.25, 0.3) is 0 Å². The van der Waals surface area contributed by atoms with Gasteiger partial charge in [0.25, 0.3) is 0 Å². The van der Waals surface area contributed by atoms with Crippen LogP contribution in [0.3, 0.4) is 0 Å². The highest BCUT2D eigenvalue weighted by molar-refractivity contribution is 7.91. The van der Waals surface area contributed by atoms with Crippen molar-refractivity contribution in [3.05, 3.63) is 58.8 Å². The summed E-state index contributed by atoms with van der Waals surface area (Å²) in [5.41, 5.74) is 5.88. The van der Waals surface area contributed by atoms with E-state index in [1.165, 1.54) is 29.1 Å². The summed E-state index contributed by atoms with van der Waals surface area (Å²) >= 11 is 0. The zero-order valence-corrected chi connectivity index (χ0v) is 11.6. The van der Waals surface area contributed by atoms with Gasteiger partial charge in [-0.05, 0) is 23.8 Å². The first kappa shape index (κ1) is 14.4. The Labute approximate surface area is 116 Å². The van der Waals surface area contributed by atoms with Gasteiger partial charge in [0.1, 0.15) is 0 Å². The molecule has 1 aromatic heterocycles. The molecule has 7 heteroatoms. The Morgan fingerprint density at radius 1 is 1.20 bits per heavy atom. The molecule has 0 bridgehead atoms. The Bertz CT molecular complexity index is 736. The molecule has 0 fully saturated rings. The minimum Gasteiger partial charge on any atom is -0.326 e. The van der Waals surface area contributed by atoms with Crippen LogP contribution in [0.2, 0.25) is 0 Å². The van der Waals surface area contributed by atoms with Crippen molar-refractivity contribution in [1.82, 2.24) is 9.55 Å². The van der Waals surface area contributed by atoms with E-state index in [2.05, 4.69) is 4.98 Å². The largest absolute Gasteiger partial charge is 0.347 e. The van der Waals surface area contributed by atoms with Crippen LogP contribution in [-0.4, -0.2) is 23.7 Å². The fraction of sp³-hybridized carbons (Fsp3) is 0.231. The standard InChI is InChI=1S/C13H15N3O3S/c14-10-11-2-4-12(5-3-11)20(18,19)9-8-16-7-1-6-15-13(16)17/h1-7H,8-10,14H2. The molecule has 0 saturated heterocycles. The molecule has 1 aromatic carbocycles. The smallest absolute Gasteiger partial charge is 0.326 e. The highest BCUT2D eigenvalue weighted by atomic mass is 32.2. The van der Waals surface area contributed by atoms with Crippen molar-refractivity contribution >= 4 is 9.84 Å². The average molecular weight is 293 g/mol. The molecular weight excluding hydrogens is 278 g/mol. The molecule has 0 aliphatic carbocycles. The van der Waals surface area contributed by atoms with E-state index in [1.807, 2.05) is 0 Å². The molecular formula is C13H15N3O3S. The lowest BCUT2D eigenvalue weighted by Gasteiger charge is -2.07. The Morgan fingerprint density at radius 3 is 2.50 bits per heavy atom. The second-order valence-corrected chi connectivity index (χ2v) is 6.37. The van der Waals surface area contributed by atoms with Gasteiger partial charge in [0.15, 0.2) is 9.84 Å². The summed E-state index contributed by atoms with van der Waals surface area (Å²) in [6.45, 7) is 0.444. The molecule has 0 atom stereocenters. The van der Waals surface area contributed by atoms with E-state index in [0.717, 1.165) is 5.56 Å². The molecule has 2 rings (SSSR count). The van der Waals surface area contributed by atoms with Crippen molar-refractivity contribution in [3.63, 3.8) is 0 Å². The van der Waals surface area contributed by atoms with Crippen LogP contribution >= 0.6 is 0 Å². The molecule has 0 saturated carbocycles. The van der Waals surface area contributed by atoms with Crippen molar-refractivity contribution in [1.29, 1.82) is 0 Å². The first-order valence-corrected chi connectivity index (χ1v) is 7.71. The number of hydrogen-bond acceptors (Lipinski definition) is 5. The van der Waals surface area contributed by atoms with Crippen molar-refractivity contribution in [2.75, 3.05) is 5.75 Å². The van der Waals surface area contributed by atoms with Crippen LogP contribution in [-0.2, 0) is 22.9 Å². The molecule has 2 aromatic rings. The molecule has 0 aliphatic heterocycles. The molecule has 106 valence electrons. The lowest BCUT2D eigenvalue weighted by atomic mass is 10.2. The number of hydrogen-bond donors (Lipinski definition) is 1. The first-order chi connectivity index (χ1) is 9.53. The van der Waals surface area contributed by atoms with Gasteiger partial charge >= 0.3 is 5.69 Å². The number of benzene rings is 1. The number of aromatic nitrogens is 2. The van der Waals surface area contributed by atoms with E-state index in [1.54, 1.807) is 18.2 Å². The predicted octanol–water partition coefficient (Wildman–Crippen LogP) is 0.176. The van der Waals surface area contributed by atoms with Crippen LogP contribution in [0.5, 0.6) is 0 Å². The SMILES string of the molecule is NCc1ccc(S(=O)(=O)CCn2cccnc2=O)cc1. The minimum absolute atomic E-state index is 0.0770. The van der Waals surface area contributed by atoms with Crippen LogP contribution in [0.1, 0.15) is 5.56 Å². The van der Waals surface area contributed by atoms with E-state index in [9.17, 15) is 13.2 Å². The van der Waals surface area contributed by atoms with Crippen LogP contribution in [0.15, 0.2) is 52.4 Å². The number of aryl methyl sites for hydroxylation is 1. The second kappa shape index (κ2) is 5.98. The lowest BCUT2D eigenvalue weighted by molar-refractivity contribution is 0.585. The van der Waals surface area contributed by atoms with Gasteiger partial charge < -0.3 is 5.73 Å². The van der Waals surface area contributed by atoms with Gasteiger partial charge in [0.05, 0.1) is 10.6 Å². The van der Waals surface area contributed by atoms with Crippen molar-refractivity contribution in [2.24, 2.45) is 5.73 Å². The Kier molecular flexibility index (Phi) is 4.31. The van der Waals surface area contributed by atoms with Crippen molar-refractivity contribution < 1.29 is 8.42 Å². The van der Waals surface area contributed by atoms with Gasteiger partial charge in [-0.2, -0.15) is 0 Å². The quantitative estimate of drug-likeness (QED) is 0.848. The molecule has 0 aliphatic rings. The van der Waals surface area contributed by atoms with E-state index >= 15 is 0 Å². The van der Waals surface area contributed by atoms with E-state index in [4.69, 9.17) is 5.73 Å². The lowest BCUT2D eigenvalue weighted by Crippen LogP contribution is -2.25. The topological polar surface area (TPSA) is 95.1 Å². The van der Waals surface area contributed by atoms with E-state index < -0.39 is 15.5 Å². The molecule has 2 N–H and O–H groups in total. The highest BCUT2D eigenvalue weighted by Crippen LogP contribution is 2.12. The molecule has 20 heavy (non-hydrogen) atoms. The number of sulfone groups is 1. The number of nitrogens with two attached hydrogens (primary N) is 1.